The molecule has 1 aliphatic heterocycles. The molecule has 9 nitrogen and oxygen atoms in total. The van der Waals surface area contributed by atoms with Crippen LogP contribution in [0.2, 0.25) is 0 Å². The van der Waals surface area contributed by atoms with Gasteiger partial charge in [0.05, 0.1) is 18.5 Å². The van der Waals surface area contributed by atoms with Crippen LogP contribution < -0.4 is 0 Å². The van der Waals surface area contributed by atoms with Gasteiger partial charge in [-0.2, -0.15) is 0 Å². The molecule has 3 rings (SSSR count). The molecule has 1 saturated heterocycles. The molecule has 26 heavy (non-hydrogen) atoms. The van der Waals surface area contributed by atoms with Gasteiger partial charge < -0.3 is 4.90 Å². The first-order valence-corrected chi connectivity index (χ1v) is 9.61. The summed E-state index contributed by atoms with van der Waals surface area (Å²) in [5.41, 5.74) is 0. The summed E-state index contributed by atoms with van der Waals surface area (Å²) in [6.45, 7) is 3.33. The van der Waals surface area contributed by atoms with Crippen LogP contribution in [0.3, 0.4) is 0 Å². The zero-order chi connectivity index (χ0) is 18.5. The Balaban J connectivity index is 1.76. The summed E-state index contributed by atoms with van der Waals surface area (Å²) in [5, 5.41) is 22.2. The van der Waals surface area contributed by atoms with E-state index < -0.39 is 0 Å². The lowest BCUT2D eigenvalue weighted by Gasteiger charge is -2.30. The van der Waals surface area contributed by atoms with Gasteiger partial charge in [-0.05, 0) is 42.5 Å². The maximum atomic E-state index is 13.3. The molecule has 1 aliphatic carbocycles. The summed E-state index contributed by atoms with van der Waals surface area (Å²) in [7, 11) is 0. The number of hydroxylamine groups is 2. The highest BCUT2D eigenvalue weighted by molar-refractivity contribution is 5.80. The topological polar surface area (TPSA) is 104 Å². The minimum atomic E-state index is -0.389. The summed E-state index contributed by atoms with van der Waals surface area (Å²) < 4.78 is 1.73. The van der Waals surface area contributed by atoms with Crippen LogP contribution in [0.1, 0.15) is 63.7 Å². The molecular formula is C17H28N6O3. The van der Waals surface area contributed by atoms with Crippen molar-refractivity contribution in [3.8, 4) is 0 Å². The number of rotatable bonds is 8. The monoisotopic (exact) mass is 364 g/mol. The van der Waals surface area contributed by atoms with Crippen LogP contribution in [0.4, 0.5) is 0 Å². The van der Waals surface area contributed by atoms with Crippen molar-refractivity contribution in [2.45, 2.75) is 64.5 Å². The first kappa shape index (κ1) is 18.8. The normalized spacial score (nSPS) is 21.9. The Morgan fingerprint density at radius 3 is 2.81 bits per heavy atom. The van der Waals surface area contributed by atoms with Crippen molar-refractivity contribution in [2.24, 2.45) is 11.8 Å². The van der Waals surface area contributed by atoms with Crippen LogP contribution in [0.15, 0.2) is 0 Å². The fourth-order valence-electron chi connectivity index (χ4n) is 4.38. The zero-order valence-corrected chi connectivity index (χ0v) is 15.3. The highest BCUT2D eigenvalue weighted by Gasteiger charge is 2.38. The number of aryl methyl sites for hydroxylation is 1. The van der Waals surface area contributed by atoms with Crippen LogP contribution in [0.25, 0.3) is 0 Å². The molecule has 0 aromatic carbocycles. The molecule has 2 amide bonds. The number of carbonyl (C=O) groups excluding carboxylic acids is 2. The third-order valence-electron chi connectivity index (χ3n) is 5.66. The van der Waals surface area contributed by atoms with Crippen LogP contribution in [-0.4, -0.2) is 60.8 Å². The number of aromatic nitrogens is 4. The minimum absolute atomic E-state index is 0.00838. The molecule has 1 saturated carbocycles. The van der Waals surface area contributed by atoms with Crippen LogP contribution >= 0.6 is 0 Å². The predicted molar refractivity (Wildman–Crippen MR) is 91.8 cm³/mol. The summed E-state index contributed by atoms with van der Waals surface area (Å²) >= 11 is 0. The van der Waals surface area contributed by atoms with E-state index >= 15 is 0 Å². The molecule has 9 heteroatoms. The number of amides is 2. The van der Waals surface area contributed by atoms with Gasteiger partial charge in [0.25, 0.3) is 0 Å². The Morgan fingerprint density at radius 2 is 2.12 bits per heavy atom. The first-order chi connectivity index (χ1) is 12.6. The molecule has 0 spiro atoms. The molecule has 2 heterocycles. The number of hydrogen-bond acceptors (Lipinski definition) is 6. The van der Waals surface area contributed by atoms with Gasteiger partial charge in [-0.25, -0.2) is 9.75 Å². The predicted octanol–water partition coefficient (Wildman–Crippen LogP) is 1.40. The fraction of sp³-hybridized carbons (Fsp3) is 0.824. The minimum Gasteiger partial charge on any atom is -0.332 e. The first-order valence-electron chi connectivity index (χ1n) is 9.61. The number of carbonyl (C=O) groups is 2. The molecule has 0 unspecified atom stereocenters. The molecule has 144 valence electrons. The van der Waals surface area contributed by atoms with E-state index in [-0.39, 0.29) is 24.4 Å². The van der Waals surface area contributed by atoms with Gasteiger partial charge in [-0.15, -0.1) is 5.10 Å². The zero-order valence-electron chi connectivity index (χ0n) is 15.3. The third kappa shape index (κ3) is 4.03. The Bertz CT molecular complexity index is 615. The number of hydrogen-bond donors (Lipinski definition) is 1. The second-order valence-corrected chi connectivity index (χ2v) is 7.35. The molecule has 2 aliphatic rings. The van der Waals surface area contributed by atoms with Gasteiger partial charge in [0.15, 0.2) is 5.82 Å². The highest BCUT2D eigenvalue weighted by atomic mass is 16.5. The van der Waals surface area contributed by atoms with Crippen molar-refractivity contribution in [2.75, 3.05) is 13.1 Å². The largest absolute Gasteiger partial charge is 0.332 e. The summed E-state index contributed by atoms with van der Waals surface area (Å²) in [6, 6.07) is -0.132. The van der Waals surface area contributed by atoms with E-state index in [1.807, 2.05) is 11.8 Å². The van der Waals surface area contributed by atoms with E-state index in [1.165, 1.54) is 12.8 Å². The lowest BCUT2D eigenvalue weighted by Crippen LogP contribution is -2.41. The standard InChI is InChI=1S/C17H28N6O3/c1-2-23-16(18-19-20-23)15-8-5-9-22(15)17(25)14(11-21(26)12-24)10-13-6-3-4-7-13/h12-15,26H,2-11H2,1H3/t14-,15+/m1/s1. The number of nitrogens with zero attached hydrogens (tertiary/aromatic N) is 6. The van der Waals surface area contributed by atoms with Gasteiger partial charge in [0.1, 0.15) is 0 Å². The van der Waals surface area contributed by atoms with Crippen LogP contribution in [0.5, 0.6) is 0 Å². The van der Waals surface area contributed by atoms with E-state index in [1.54, 1.807) is 4.68 Å². The molecular weight excluding hydrogens is 336 g/mol. The van der Waals surface area contributed by atoms with Crippen molar-refractivity contribution >= 4 is 12.3 Å². The van der Waals surface area contributed by atoms with Crippen molar-refractivity contribution in [3.63, 3.8) is 0 Å². The van der Waals surface area contributed by atoms with Gasteiger partial charge in [-0.3, -0.25) is 14.8 Å². The summed E-state index contributed by atoms with van der Waals surface area (Å²) in [4.78, 5) is 26.0. The molecule has 1 aromatic rings. The third-order valence-corrected chi connectivity index (χ3v) is 5.66. The van der Waals surface area contributed by atoms with Gasteiger partial charge in [0, 0.05) is 13.1 Å². The van der Waals surface area contributed by atoms with E-state index in [2.05, 4.69) is 15.5 Å². The van der Waals surface area contributed by atoms with Gasteiger partial charge >= 0.3 is 0 Å². The average Bonchev–Trinajstić information content (AvgIpc) is 3.39. The van der Waals surface area contributed by atoms with Crippen LogP contribution in [-0.2, 0) is 16.1 Å². The SMILES string of the molecule is CCn1nnnc1[C@@H]1CCCN1C(=O)[C@H](CC1CCCC1)CN(O)C=O. The Labute approximate surface area is 153 Å². The lowest BCUT2D eigenvalue weighted by atomic mass is 9.91. The van der Waals surface area contributed by atoms with Gasteiger partial charge in [-0.1, -0.05) is 25.7 Å². The molecule has 1 aromatic heterocycles. The summed E-state index contributed by atoms with van der Waals surface area (Å²) in [5.74, 6) is 0.811. The van der Waals surface area contributed by atoms with E-state index in [0.29, 0.717) is 42.7 Å². The molecule has 2 atom stereocenters. The number of likely N-dealkylation sites (tertiary alicyclic amines) is 1. The second kappa shape index (κ2) is 8.57. The van der Waals surface area contributed by atoms with Crippen LogP contribution in [0, 0.1) is 11.8 Å². The second-order valence-electron chi connectivity index (χ2n) is 7.35. The Hall–Kier alpha value is -2.03. The quantitative estimate of drug-likeness (QED) is 0.425. The fourth-order valence-corrected chi connectivity index (χ4v) is 4.38. The maximum Gasteiger partial charge on any atom is 0.233 e. The van der Waals surface area contributed by atoms with E-state index in [9.17, 15) is 14.8 Å². The van der Waals surface area contributed by atoms with Crippen molar-refractivity contribution in [1.82, 2.24) is 30.2 Å². The number of tetrazole rings is 1. The Kier molecular flexibility index (Phi) is 6.18. The molecule has 0 radical (unpaired) electrons. The summed E-state index contributed by atoms with van der Waals surface area (Å²) in [6.07, 6.45) is 7.44. The maximum absolute atomic E-state index is 13.3. The highest BCUT2D eigenvalue weighted by Crippen LogP contribution is 2.35. The smallest absolute Gasteiger partial charge is 0.233 e. The lowest BCUT2D eigenvalue weighted by molar-refractivity contribution is -0.157. The van der Waals surface area contributed by atoms with E-state index in [4.69, 9.17) is 0 Å². The van der Waals surface area contributed by atoms with Crippen molar-refractivity contribution in [1.29, 1.82) is 0 Å². The van der Waals surface area contributed by atoms with E-state index in [0.717, 1.165) is 25.7 Å². The van der Waals surface area contributed by atoms with Gasteiger partial charge in [0.2, 0.25) is 12.3 Å². The molecule has 2 fully saturated rings. The average molecular weight is 364 g/mol. The van der Waals surface area contributed by atoms with Crippen molar-refractivity contribution in [3.05, 3.63) is 5.82 Å². The Morgan fingerprint density at radius 1 is 1.35 bits per heavy atom. The van der Waals surface area contributed by atoms with Crippen molar-refractivity contribution < 1.29 is 14.8 Å². The molecule has 1 N–H and O–H groups in total. The molecule has 0 bridgehead atoms.